The molecule has 2 fully saturated rings. The van der Waals surface area contributed by atoms with E-state index < -0.39 is 0 Å². The van der Waals surface area contributed by atoms with Gasteiger partial charge in [-0.25, -0.2) is 0 Å². The number of hydrogen-bond donors (Lipinski definition) is 0. The molecule has 0 spiro atoms. The van der Waals surface area contributed by atoms with E-state index in [1.807, 2.05) is 0 Å². The minimum atomic E-state index is 0.946. The number of likely N-dealkylation sites (tertiary alicyclic amines) is 1. The highest BCUT2D eigenvalue weighted by Gasteiger charge is 2.30. The van der Waals surface area contributed by atoms with Gasteiger partial charge in [-0.1, -0.05) is 19.8 Å². The van der Waals surface area contributed by atoms with Gasteiger partial charge in [-0.2, -0.15) is 0 Å². The second-order valence-electron chi connectivity index (χ2n) is 4.41. The van der Waals surface area contributed by atoms with Crippen molar-refractivity contribution in [3.63, 3.8) is 0 Å². The molecule has 0 radical (unpaired) electrons. The summed E-state index contributed by atoms with van der Waals surface area (Å²) < 4.78 is 0. The molecule has 12 heavy (non-hydrogen) atoms. The highest BCUT2D eigenvalue weighted by atomic mass is 15.2. The summed E-state index contributed by atoms with van der Waals surface area (Å²) >= 11 is 0. The van der Waals surface area contributed by atoms with E-state index >= 15 is 0 Å². The van der Waals surface area contributed by atoms with Crippen molar-refractivity contribution in [2.45, 2.75) is 51.5 Å². The number of rotatable bonds is 3. The molecule has 2 rings (SSSR count). The first-order valence-corrected chi connectivity index (χ1v) is 5.66. The zero-order valence-corrected chi connectivity index (χ0v) is 8.26. The van der Waals surface area contributed by atoms with Crippen LogP contribution in [0.5, 0.6) is 0 Å². The minimum absolute atomic E-state index is 0.946. The zero-order chi connectivity index (χ0) is 8.39. The van der Waals surface area contributed by atoms with Gasteiger partial charge in [0.1, 0.15) is 0 Å². The van der Waals surface area contributed by atoms with Crippen LogP contribution in [0.3, 0.4) is 0 Å². The van der Waals surface area contributed by atoms with Crippen molar-refractivity contribution < 1.29 is 0 Å². The maximum absolute atomic E-state index is 2.70. The number of hydrogen-bond acceptors (Lipinski definition) is 1. The Labute approximate surface area is 76.1 Å². The van der Waals surface area contributed by atoms with E-state index in [1.165, 1.54) is 51.6 Å². The van der Waals surface area contributed by atoms with Gasteiger partial charge < -0.3 is 4.90 Å². The molecule has 0 amide bonds. The molecule has 1 unspecified atom stereocenters. The van der Waals surface area contributed by atoms with Crippen molar-refractivity contribution in [1.29, 1.82) is 0 Å². The number of nitrogens with zero attached hydrogens (tertiary/aromatic N) is 1. The summed E-state index contributed by atoms with van der Waals surface area (Å²) in [6.07, 6.45) is 8.84. The predicted octanol–water partition coefficient (Wildman–Crippen LogP) is 2.66. The maximum Gasteiger partial charge on any atom is 0.0121 e. The monoisotopic (exact) mass is 167 g/mol. The van der Waals surface area contributed by atoms with Crippen molar-refractivity contribution in [2.24, 2.45) is 5.92 Å². The molecule has 0 aromatic heterocycles. The predicted molar refractivity (Wildman–Crippen MR) is 52.2 cm³/mol. The Morgan fingerprint density at radius 2 is 1.83 bits per heavy atom. The van der Waals surface area contributed by atoms with E-state index in [9.17, 15) is 0 Å². The van der Waals surface area contributed by atoms with Crippen molar-refractivity contribution in [3.05, 3.63) is 0 Å². The van der Waals surface area contributed by atoms with Crippen LogP contribution in [-0.2, 0) is 0 Å². The van der Waals surface area contributed by atoms with Crippen LogP contribution in [0.2, 0.25) is 0 Å². The Hall–Kier alpha value is -0.0400. The summed E-state index contributed by atoms with van der Waals surface area (Å²) in [4.78, 5) is 2.70. The standard InChI is InChI=1S/C11H21N/c1-2-11(12-8-5-9-12)10-6-3-4-7-10/h10-11H,2-9H2,1H3. The van der Waals surface area contributed by atoms with E-state index in [1.54, 1.807) is 0 Å². The van der Waals surface area contributed by atoms with Crippen LogP contribution in [0.4, 0.5) is 0 Å². The second kappa shape index (κ2) is 3.78. The Morgan fingerprint density at radius 1 is 1.17 bits per heavy atom. The average Bonchev–Trinajstić information content (AvgIpc) is 2.47. The zero-order valence-electron chi connectivity index (χ0n) is 8.26. The fraction of sp³-hybridized carbons (Fsp3) is 1.00. The molecule has 1 saturated heterocycles. The van der Waals surface area contributed by atoms with Gasteiger partial charge in [-0.3, -0.25) is 0 Å². The lowest BCUT2D eigenvalue weighted by Crippen LogP contribution is -2.47. The van der Waals surface area contributed by atoms with Crippen LogP contribution in [0, 0.1) is 5.92 Å². The minimum Gasteiger partial charge on any atom is -0.300 e. The molecule has 1 heterocycles. The maximum atomic E-state index is 2.70. The summed E-state index contributed by atoms with van der Waals surface area (Å²) in [6, 6.07) is 0.946. The Morgan fingerprint density at radius 3 is 2.25 bits per heavy atom. The lowest BCUT2D eigenvalue weighted by atomic mass is 9.92. The molecule has 0 aromatic rings. The lowest BCUT2D eigenvalue weighted by Gasteiger charge is -2.41. The molecular formula is C11H21N. The van der Waals surface area contributed by atoms with Crippen molar-refractivity contribution in [2.75, 3.05) is 13.1 Å². The van der Waals surface area contributed by atoms with Crippen LogP contribution in [0.25, 0.3) is 0 Å². The van der Waals surface area contributed by atoms with Gasteiger partial charge in [0.25, 0.3) is 0 Å². The van der Waals surface area contributed by atoms with Crippen molar-refractivity contribution in [1.82, 2.24) is 4.90 Å². The van der Waals surface area contributed by atoms with Gasteiger partial charge >= 0.3 is 0 Å². The molecule has 1 nitrogen and oxygen atoms in total. The largest absolute Gasteiger partial charge is 0.300 e. The van der Waals surface area contributed by atoms with Crippen molar-refractivity contribution in [3.8, 4) is 0 Å². The highest BCUT2D eigenvalue weighted by molar-refractivity contribution is 4.85. The van der Waals surface area contributed by atoms with Crippen molar-refractivity contribution >= 4 is 0 Å². The third kappa shape index (κ3) is 1.52. The van der Waals surface area contributed by atoms with Crippen LogP contribution in [-0.4, -0.2) is 24.0 Å². The van der Waals surface area contributed by atoms with Crippen LogP contribution >= 0.6 is 0 Å². The third-order valence-corrected chi connectivity index (χ3v) is 3.72. The molecule has 1 aliphatic heterocycles. The van der Waals surface area contributed by atoms with Crippen LogP contribution < -0.4 is 0 Å². The topological polar surface area (TPSA) is 3.24 Å². The molecule has 1 atom stereocenters. The van der Waals surface area contributed by atoms with Gasteiger partial charge in [0.05, 0.1) is 0 Å². The SMILES string of the molecule is CCC(C1CCCC1)N1CCC1. The summed E-state index contributed by atoms with van der Waals surface area (Å²) in [5.74, 6) is 1.05. The molecule has 0 aromatic carbocycles. The molecule has 70 valence electrons. The van der Waals surface area contributed by atoms with E-state index in [-0.39, 0.29) is 0 Å². The molecule has 0 bridgehead atoms. The molecule has 0 N–H and O–H groups in total. The third-order valence-electron chi connectivity index (χ3n) is 3.72. The molecule has 1 aliphatic carbocycles. The smallest absolute Gasteiger partial charge is 0.0121 e. The van der Waals surface area contributed by atoms with Crippen LogP contribution in [0.1, 0.15) is 45.4 Å². The quantitative estimate of drug-likeness (QED) is 0.624. The summed E-state index contributed by atoms with van der Waals surface area (Å²) in [5.41, 5.74) is 0. The van der Waals surface area contributed by atoms with Gasteiger partial charge in [-0.15, -0.1) is 0 Å². The van der Waals surface area contributed by atoms with Gasteiger partial charge in [0.2, 0.25) is 0 Å². The fourth-order valence-electron chi connectivity index (χ4n) is 2.90. The Balaban J connectivity index is 1.87. The molecule has 2 aliphatic rings. The summed E-state index contributed by atoms with van der Waals surface area (Å²) in [5, 5.41) is 0. The molecule has 1 saturated carbocycles. The van der Waals surface area contributed by atoms with E-state index in [0.29, 0.717) is 0 Å². The molecule has 1 heteroatoms. The Kier molecular flexibility index (Phi) is 2.69. The summed E-state index contributed by atoms with van der Waals surface area (Å²) in [7, 11) is 0. The van der Waals surface area contributed by atoms with E-state index in [2.05, 4.69) is 11.8 Å². The van der Waals surface area contributed by atoms with Gasteiger partial charge in [-0.05, 0) is 44.7 Å². The Bertz CT molecular complexity index is 134. The fourth-order valence-corrected chi connectivity index (χ4v) is 2.90. The first-order chi connectivity index (χ1) is 5.92. The van der Waals surface area contributed by atoms with Gasteiger partial charge in [0.15, 0.2) is 0 Å². The molecular weight excluding hydrogens is 146 g/mol. The van der Waals surface area contributed by atoms with Gasteiger partial charge in [0, 0.05) is 6.04 Å². The normalized spacial score (nSPS) is 28.8. The lowest BCUT2D eigenvalue weighted by molar-refractivity contribution is 0.0759. The average molecular weight is 167 g/mol. The first-order valence-electron chi connectivity index (χ1n) is 5.66. The van der Waals surface area contributed by atoms with E-state index in [0.717, 1.165) is 12.0 Å². The highest BCUT2D eigenvalue weighted by Crippen LogP contribution is 2.33. The summed E-state index contributed by atoms with van der Waals surface area (Å²) in [6.45, 7) is 5.13. The second-order valence-corrected chi connectivity index (χ2v) is 4.41. The van der Waals surface area contributed by atoms with E-state index in [4.69, 9.17) is 0 Å². The first kappa shape index (κ1) is 8.55. The van der Waals surface area contributed by atoms with Crippen LogP contribution in [0.15, 0.2) is 0 Å².